The maximum absolute atomic E-state index is 4.48. The highest BCUT2D eigenvalue weighted by molar-refractivity contribution is 9.10. The standard InChI is InChI=1S/C15H19BrN4/c1-2-20-7-3-4-12(20)10-18-13-5-6-17-14-8-11(16)9-19-15(13)14/h5-6,8-9,12H,2-4,7,10H2,1H3,(H,17,18). The van der Waals surface area contributed by atoms with E-state index in [4.69, 9.17) is 0 Å². The average Bonchev–Trinajstić information content (AvgIpc) is 2.92. The number of anilines is 1. The Morgan fingerprint density at radius 2 is 2.35 bits per heavy atom. The molecule has 1 saturated heterocycles. The summed E-state index contributed by atoms with van der Waals surface area (Å²) in [5.74, 6) is 0. The van der Waals surface area contributed by atoms with E-state index in [2.05, 4.69) is 43.0 Å². The van der Waals surface area contributed by atoms with Gasteiger partial charge >= 0.3 is 0 Å². The highest BCUT2D eigenvalue weighted by atomic mass is 79.9. The first-order chi connectivity index (χ1) is 9.78. The first-order valence-electron chi connectivity index (χ1n) is 7.16. The molecule has 0 spiro atoms. The van der Waals surface area contributed by atoms with Crippen LogP contribution in [-0.4, -0.2) is 40.5 Å². The van der Waals surface area contributed by atoms with Gasteiger partial charge in [-0.25, -0.2) is 0 Å². The van der Waals surface area contributed by atoms with Crippen molar-refractivity contribution >= 4 is 32.7 Å². The Morgan fingerprint density at radius 1 is 1.45 bits per heavy atom. The number of likely N-dealkylation sites (tertiary alicyclic amines) is 1. The smallest absolute Gasteiger partial charge is 0.112 e. The Kier molecular flexibility index (Phi) is 4.17. The zero-order valence-electron chi connectivity index (χ0n) is 11.6. The van der Waals surface area contributed by atoms with Crippen molar-refractivity contribution in [2.45, 2.75) is 25.8 Å². The SMILES string of the molecule is CCN1CCCC1CNc1ccnc2cc(Br)cnc12. The second kappa shape index (κ2) is 6.06. The minimum absolute atomic E-state index is 0.638. The zero-order chi connectivity index (χ0) is 13.9. The van der Waals surface area contributed by atoms with Crippen LogP contribution in [0.4, 0.5) is 5.69 Å². The number of hydrogen-bond donors (Lipinski definition) is 1. The number of aromatic nitrogens is 2. The highest BCUT2D eigenvalue weighted by Gasteiger charge is 2.22. The molecule has 2 aromatic rings. The van der Waals surface area contributed by atoms with E-state index in [9.17, 15) is 0 Å². The maximum Gasteiger partial charge on any atom is 0.112 e. The molecule has 3 rings (SSSR count). The first kappa shape index (κ1) is 13.8. The molecule has 4 nitrogen and oxygen atoms in total. The van der Waals surface area contributed by atoms with Crippen LogP contribution in [0.25, 0.3) is 11.0 Å². The zero-order valence-corrected chi connectivity index (χ0v) is 13.2. The quantitative estimate of drug-likeness (QED) is 0.931. The molecule has 1 unspecified atom stereocenters. The van der Waals surface area contributed by atoms with Gasteiger partial charge in [-0.3, -0.25) is 14.9 Å². The number of halogens is 1. The van der Waals surface area contributed by atoms with Gasteiger partial charge in [-0.05, 0) is 54.0 Å². The van der Waals surface area contributed by atoms with Crippen molar-refractivity contribution in [1.82, 2.24) is 14.9 Å². The fourth-order valence-corrected chi connectivity index (χ4v) is 3.24. The van der Waals surface area contributed by atoms with Crippen molar-refractivity contribution in [3.8, 4) is 0 Å². The van der Waals surface area contributed by atoms with E-state index in [-0.39, 0.29) is 0 Å². The summed E-state index contributed by atoms with van der Waals surface area (Å²) in [6, 6.07) is 4.65. The fraction of sp³-hybridized carbons (Fsp3) is 0.467. The van der Waals surface area contributed by atoms with Gasteiger partial charge < -0.3 is 5.32 Å². The van der Waals surface area contributed by atoms with Crippen LogP contribution < -0.4 is 5.32 Å². The molecule has 1 fully saturated rings. The number of hydrogen-bond acceptors (Lipinski definition) is 4. The molecule has 5 heteroatoms. The Morgan fingerprint density at radius 3 is 3.20 bits per heavy atom. The molecule has 1 aliphatic heterocycles. The van der Waals surface area contributed by atoms with Crippen LogP contribution in [-0.2, 0) is 0 Å². The molecule has 0 radical (unpaired) electrons. The molecule has 0 saturated carbocycles. The molecule has 3 heterocycles. The van der Waals surface area contributed by atoms with Gasteiger partial charge in [0.05, 0.1) is 11.2 Å². The van der Waals surface area contributed by atoms with Gasteiger partial charge in [0.2, 0.25) is 0 Å². The van der Waals surface area contributed by atoms with Crippen LogP contribution in [0.5, 0.6) is 0 Å². The minimum atomic E-state index is 0.638. The normalized spacial score (nSPS) is 19.6. The molecule has 106 valence electrons. The number of pyridine rings is 2. The second-order valence-electron chi connectivity index (χ2n) is 5.19. The number of nitrogens with zero attached hydrogens (tertiary/aromatic N) is 3. The van der Waals surface area contributed by atoms with Crippen molar-refractivity contribution < 1.29 is 0 Å². The molecule has 0 aliphatic carbocycles. The molecule has 2 aromatic heterocycles. The van der Waals surface area contributed by atoms with E-state index in [1.165, 1.54) is 19.4 Å². The number of rotatable bonds is 4. The van der Waals surface area contributed by atoms with Gasteiger partial charge in [0, 0.05) is 29.5 Å². The van der Waals surface area contributed by atoms with Gasteiger partial charge in [0.15, 0.2) is 0 Å². The first-order valence-corrected chi connectivity index (χ1v) is 7.95. The van der Waals surface area contributed by atoms with Crippen molar-refractivity contribution in [1.29, 1.82) is 0 Å². The van der Waals surface area contributed by atoms with Gasteiger partial charge in [0.1, 0.15) is 5.52 Å². The van der Waals surface area contributed by atoms with Crippen LogP contribution in [0, 0.1) is 0 Å². The molecular weight excluding hydrogens is 316 g/mol. The average molecular weight is 335 g/mol. The Bertz CT molecular complexity index is 601. The monoisotopic (exact) mass is 334 g/mol. The lowest BCUT2D eigenvalue weighted by Gasteiger charge is -2.23. The molecule has 0 bridgehead atoms. The van der Waals surface area contributed by atoms with E-state index in [1.54, 1.807) is 0 Å². The highest BCUT2D eigenvalue weighted by Crippen LogP contribution is 2.23. The Balaban J connectivity index is 1.77. The third-order valence-electron chi connectivity index (χ3n) is 3.98. The summed E-state index contributed by atoms with van der Waals surface area (Å²) in [7, 11) is 0. The Hall–Kier alpha value is -1.20. The predicted molar refractivity (Wildman–Crippen MR) is 86.0 cm³/mol. The van der Waals surface area contributed by atoms with Crippen molar-refractivity contribution in [3.05, 3.63) is 29.0 Å². The molecule has 1 aliphatic rings. The summed E-state index contributed by atoms with van der Waals surface area (Å²) in [5, 5.41) is 3.55. The van der Waals surface area contributed by atoms with E-state index in [1.807, 2.05) is 24.5 Å². The maximum atomic E-state index is 4.48. The van der Waals surface area contributed by atoms with Crippen molar-refractivity contribution in [2.24, 2.45) is 0 Å². The van der Waals surface area contributed by atoms with E-state index >= 15 is 0 Å². The van der Waals surface area contributed by atoms with Gasteiger partial charge in [0.25, 0.3) is 0 Å². The molecule has 20 heavy (non-hydrogen) atoms. The molecule has 1 atom stereocenters. The largest absolute Gasteiger partial charge is 0.382 e. The number of nitrogens with one attached hydrogen (secondary N) is 1. The Labute approximate surface area is 127 Å². The van der Waals surface area contributed by atoms with Crippen LogP contribution in [0.2, 0.25) is 0 Å². The molecule has 0 amide bonds. The van der Waals surface area contributed by atoms with Crippen LogP contribution in [0.1, 0.15) is 19.8 Å². The van der Waals surface area contributed by atoms with Gasteiger partial charge in [-0.2, -0.15) is 0 Å². The lowest BCUT2D eigenvalue weighted by Crippen LogP contribution is -2.34. The minimum Gasteiger partial charge on any atom is -0.382 e. The summed E-state index contributed by atoms with van der Waals surface area (Å²) < 4.78 is 0.961. The van der Waals surface area contributed by atoms with Crippen LogP contribution in [0.15, 0.2) is 29.0 Å². The summed E-state index contributed by atoms with van der Waals surface area (Å²) in [6.07, 6.45) is 6.25. The van der Waals surface area contributed by atoms with E-state index < -0.39 is 0 Å². The van der Waals surface area contributed by atoms with E-state index in [0.29, 0.717) is 6.04 Å². The summed E-state index contributed by atoms with van der Waals surface area (Å²) in [4.78, 5) is 11.4. The fourth-order valence-electron chi connectivity index (χ4n) is 2.92. The number of likely N-dealkylation sites (N-methyl/N-ethyl adjacent to an activating group) is 1. The van der Waals surface area contributed by atoms with Gasteiger partial charge in [-0.1, -0.05) is 6.92 Å². The van der Waals surface area contributed by atoms with Crippen LogP contribution >= 0.6 is 15.9 Å². The third-order valence-corrected chi connectivity index (χ3v) is 4.41. The van der Waals surface area contributed by atoms with Gasteiger partial charge in [-0.15, -0.1) is 0 Å². The summed E-state index contributed by atoms with van der Waals surface area (Å²) in [5.41, 5.74) is 2.94. The second-order valence-corrected chi connectivity index (χ2v) is 6.10. The van der Waals surface area contributed by atoms with Crippen molar-refractivity contribution in [3.63, 3.8) is 0 Å². The topological polar surface area (TPSA) is 41.0 Å². The predicted octanol–water partition coefficient (Wildman–Crippen LogP) is 3.29. The van der Waals surface area contributed by atoms with E-state index in [0.717, 1.165) is 34.3 Å². The van der Waals surface area contributed by atoms with Crippen molar-refractivity contribution in [2.75, 3.05) is 25.0 Å². The van der Waals surface area contributed by atoms with Crippen LogP contribution in [0.3, 0.4) is 0 Å². The molecular formula is C15H19BrN4. The lowest BCUT2D eigenvalue weighted by atomic mass is 10.2. The lowest BCUT2D eigenvalue weighted by molar-refractivity contribution is 0.277. The number of fused-ring (bicyclic) bond motifs is 1. The molecule has 1 N–H and O–H groups in total. The summed E-state index contributed by atoms with van der Waals surface area (Å²) in [6.45, 7) is 5.57. The molecule has 0 aromatic carbocycles. The summed E-state index contributed by atoms with van der Waals surface area (Å²) >= 11 is 3.44. The third kappa shape index (κ3) is 2.79.